The largest absolute Gasteiger partial charge is 0.444 e. The van der Waals surface area contributed by atoms with Crippen molar-refractivity contribution in [3.05, 3.63) is 77.9 Å². The Labute approximate surface area is 175 Å². The van der Waals surface area contributed by atoms with Crippen LogP contribution in [0.2, 0.25) is 0 Å². The lowest BCUT2D eigenvalue weighted by Gasteiger charge is -2.22. The first-order valence-corrected chi connectivity index (χ1v) is 9.98. The van der Waals surface area contributed by atoms with E-state index in [4.69, 9.17) is 4.42 Å². The average molecular weight is 410 g/mol. The number of aliphatic imine (C=N–C) groups is 1. The summed E-state index contributed by atoms with van der Waals surface area (Å²) in [5.74, 6) is 0.789. The fraction of sp³-hybridized carbons (Fsp3) is 0.304. The Hall–Kier alpha value is -3.19. The molecule has 0 aliphatic heterocycles. The lowest BCUT2D eigenvalue weighted by molar-refractivity contribution is 0.0672. The topological polar surface area (TPSA) is 82.7 Å². The molecule has 0 aliphatic rings. The lowest BCUT2D eigenvalue weighted by Crippen LogP contribution is -2.39. The van der Waals surface area contributed by atoms with Crippen LogP contribution in [0.3, 0.4) is 0 Å². The van der Waals surface area contributed by atoms with Gasteiger partial charge in [0.25, 0.3) is 0 Å². The van der Waals surface area contributed by atoms with E-state index in [2.05, 4.69) is 20.6 Å². The van der Waals surface area contributed by atoms with Crippen molar-refractivity contribution in [2.75, 3.05) is 19.6 Å². The van der Waals surface area contributed by atoms with Gasteiger partial charge in [0.1, 0.15) is 17.7 Å². The van der Waals surface area contributed by atoms with Gasteiger partial charge in [0.2, 0.25) is 5.89 Å². The van der Waals surface area contributed by atoms with Crippen molar-refractivity contribution in [1.82, 2.24) is 15.6 Å². The molecule has 0 radical (unpaired) electrons. The molecule has 1 heterocycles. The molecular formula is C23H27FN4O2. The summed E-state index contributed by atoms with van der Waals surface area (Å²) >= 11 is 0. The molecule has 2 aromatic carbocycles. The van der Waals surface area contributed by atoms with Crippen molar-refractivity contribution in [2.24, 2.45) is 4.99 Å². The first-order valence-electron chi connectivity index (χ1n) is 9.98. The molecule has 0 bridgehead atoms. The Balaban J connectivity index is 1.56. The number of nitrogens with zero attached hydrogens (tertiary/aromatic N) is 2. The van der Waals surface area contributed by atoms with E-state index >= 15 is 0 Å². The molecule has 3 rings (SSSR count). The minimum atomic E-state index is -1.06. The van der Waals surface area contributed by atoms with E-state index in [0.29, 0.717) is 31.4 Å². The second-order valence-electron chi connectivity index (χ2n) is 7.16. The molecule has 3 aromatic rings. The normalized spacial score (nSPS) is 13.7. The number of hydrogen-bond acceptors (Lipinski definition) is 4. The number of aromatic nitrogens is 1. The second kappa shape index (κ2) is 10.0. The van der Waals surface area contributed by atoms with Gasteiger partial charge in [-0.3, -0.25) is 0 Å². The fourth-order valence-corrected chi connectivity index (χ4v) is 2.92. The number of nitrogens with one attached hydrogen (secondary N) is 2. The van der Waals surface area contributed by atoms with Gasteiger partial charge in [0, 0.05) is 25.1 Å². The first-order chi connectivity index (χ1) is 14.5. The van der Waals surface area contributed by atoms with Gasteiger partial charge in [-0.25, -0.2) is 14.4 Å². The van der Waals surface area contributed by atoms with Gasteiger partial charge < -0.3 is 20.2 Å². The van der Waals surface area contributed by atoms with Gasteiger partial charge in [0.15, 0.2) is 5.96 Å². The van der Waals surface area contributed by atoms with E-state index < -0.39 is 5.60 Å². The van der Waals surface area contributed by atoms with Crippen LogP contribution in [0.25, 0.3) is 11.5 Å². The fourth-order valence-electron chi connectivity index (χ4n) is 2.92. The molecule has 0 amide bonds. The zero-order valence-corrected chi connectivity index (χ0v) is 17.2. The summed E-state index contributed by atoms with van der Waals surface area (Å²) in [4.78, 5) is 8.97. The quantitative estimate of drug-likeness (QED) is 0.391. The molecular weight excluding hydrogens is 383 g/mol. The van der Waals surface area contributed by atoms with E-state index in [1.807, 2.05) is 37.3 Å². The van der Waals surface area contributed by atoms with E-state index in [9.17, 15) is 9.50 Å². The van der Waals surface area contributed by atoms with Crippen LogP contribution in [0.15, 0.2) is 70.3 Å². The Bertz CT molecular complexity index is 953. The van der Waals surface area contributed by atoms with Gasteiger partial charge in [-0.15, -0.1) is 0 Å². The Morgan fingerprint density at radius 2 is 1.87 bits per heavy atom. The van der Waals surface area contributed by atoms with E-state index in [1.54, 1.807) is 25.3 Å². The third kappa shape index (κ3) is 5.90. The van der Waals surface area contributed by atoms with Crippen LogP contribution in [0.4, 0.5) is 4.39 Å². The van der Waals surface area contributed by atoms with Crippen LogP contribution in [-0.4, -0.2) is 35.7 Å². The molecule has 1 unspecified atom stereocenters. The Morgan fingerprint density at radius 1 is 1.13 bits per heavy atom. The average Bonchev–Trinajstić information content (AvgIpc) is 3.22. The number of rotatable bonds is 8. The van der Waals surface area contributed by atoms with Crippen LogP contribution < -0.4 is 10.6 Å². The highest BCUT2D eigenvalue weighted by molar-refractivity contribution is 5.79. The Kier molecular flexibility index (Phi) is 7.19. The maximum atomic E-state index is 13.1. The second-order valence-corrected chi connectivity index (χ2v) is 7.16. The van der Waals surface area contributed by atoms with Crippen LogP contribution in [0.5, 0.6) is 0 Å². The van der Waals surface area contributed by atoms with Crippen molar-refractivity contribution < 1.29 is 13.9 Å². The summed E-state index contributed by atoms with van der Waals surface area (Å²) in [6.45, 7) is 5.26. The zero-order valence-electron chi connectivity index (χ0n) is 17.2. The zero-order chi connectivity index (χ0) is 21.4. The van der Waals surface area contributed by atoms with E-state index in [0.717, 1.165) is 16.8 Å². The van der Waals surface area contributed by atoms with Gasteiger partial charge in [-0.2, -0.15) is 0 Å². The summed E-state index contributed by atoms with van der Waals surface area (Å²) in [5.41, 5.74) is 1.28. The number of hydrogen-bond donors (Lipinski definition) is 3. The number of aliphatic hydroxyl groups is 1. The highest BCUT2D eigenvalue weighted by Crippen LogP contribution is 2.20. The number of oxazole rings is 1. The summed E-state index contributed by atoms with van der Waals surface area (Å²) < 4.78 is 18.6. The van der Waals surface area contributed by atoms with Crippen molar-refractivity contribution in [3.63, 3.8) is 0 Å². The molecule has 0 fully saturated rings. The van der Waals surface area contributed by atoms with Gasteiger partial charge in [-0.05, 0) is 43.7 Å². The SMILES string of the molecule is CCNC(=NCC(C)(O)c1ccccc1)NCCc1coc(-c2ccc(F)cc2)n1. The summed E-state index contributed by atoms with van der Waals surface area (Å²) in [6.07, 6.45) is 2.23. The van der Waals surface area contributed by atoms with Crippen LogP contribution in [0.1, 0.15) is 25.1 Å². The molecule has 0 aliphatic carbocycles. The van der Waals surface area contributed by atoms with Crippen molar-refractivity contribution in [2.45, 2.75) is 25.9 Å². The molecule has 0 saturated heterocycles. The van der Waals surface area contributed by atoms with Crippen LogP contribution in [-0.2, 0) is 12.0 Å². The lowest BCUT2D eigenvalue weighted by atomic mass is 9.96. The summed E-state index contributed by atoms with van der Waals surface area (Å²) in [6, 6.07) is 15.5. The third-order valence-electron chi connectivity index (χ3n) is 4.60. The minimum Gasteiger partial charge on any atom is -0.444 e. The van der Waals surface area contributed by atoms with Gasteiger partial charge in [0.05, 0.1) is 12.2 Å². The monoisotopic (exact) mass is 410 g/mol. The molecule has 0 spiro atoms. The number of halogens is 1. The number of benzene rings is 2. The standard InChI is InChI=1S/C23H27FN4O2/c1-3-25-22(27-16-23(2,29)18-7-5-4-6-8-18)26-14-13-20-15-30-21(28-20)17-9-11-19(24)12-10-17/h4-12,15,29H,3,13-14,16H2,1-2H3,(H2,25,26,27). The molecule has 7 heteroatoms. The summed E-state index contributed by atoms with van der Waals surface area (Å²) in [5, 5.41) is 17.1. The summed E-state index contributed by atoms with van der Waals surface area (Å²) in [7, 11) is 0. The Morgan fingerprint density at radius 3 is 2.57 bits per heavy atom. The molecule has 1 atom stereocenters. The van der Waals surface area contributed by atoms with Crippen molar-refractivity contribution >= 4 is 5.96 Å². The predicted octanol–water partition coefficient (Wildman–Crippen LogP) is 3.49. The third-order valence-corrected chi connectivity index (χ3v) is 4.60. The molecule has 30 heavy (non-hydrogen) atoms. The maximum Gasteiger partial charge on any atom is 0.226 e. The van der Waals surface area contributed by atoms with Crippen LogP contribution in [0, 0.1) is 5.82 Å². The number of guanidine groups is 1. The van der Waals surface area contributed by atoms with Crippen molar-refractivity contribution in [1.29, 1.82) is 0 Å². The molecule has 0 saturated carbocycles. The molecule has 1 aromatic heterocycles. The predicted molar refractivity (Wildman–Crippen MR) is 116 cm³/mol. The van der Waals surface area contributed by atoms with Gasteiger partial charge in [-0.1, -0.05) is 30.3 Å². The smallest absolute Gasteiger partial charge is 0.226 e. The molecule has 158 valence electrons. The van der Waals surface area contributed by atoms with E-state index in [1.165, 1.54) is 12.1 Å². The minimum absolute atomic E-state index is 0.227. The van der Waals surface area contributed by atoms with Gasteiger partial charge >= 0.3 is 0 Å². The highest BCUT2D eigenvalue weighted by Gasteiger charge is 2.22. The van der Waals surface area contributed by atoms with Crippen LogP contribution >= 0.6 is 0 Å². The van der Waals surface area contributed by atoms with E-state index in [-0.39, 0.29) is 12.4 Å². The van der Waals surface area contributed by atoms with Crippen molar-refractivity contribution in [3.8, 4) is 11.5 Å². The molecule has 6 nitrogen and oxygen atoms in total. The highest BCUT2D eigenvalue weighted by atomic mass is 19.1. The first kappa shape index (κ1) is 21.5. The maximum absolute atomic E-state index is 13.1. The molecule has 3 N–H and O–H groups in total.